The molecular weight excluding hydrogens is 202 g/mol. The van der Waals surface area contributed by atoms with Crippen molar-refractivity contribution in [1.29, 1.82) is 0 Å². The lowest BCUT2D eigenvalue weighted by Gasteiger charge is -2.22. The quantitative estimate of drug-likeness (QED) is 0.644. The summed E-state index contributed by atoms with van der Waals surface area (Å²) in [7, 11) is -3.33. The van der Waals surface area contributed by atoms with E-state index >= 15 is 0 Å². The zero-order chi connectivity index (χ0) is 10.8. The predicted molar refractivity (Wildman–Crippen MR) is 56.0 cm³/mol. The van der Waals surface area contributed by atoms with Gasteiger partial charge in [0, 0.05) is 25.2 Å². The number of rotatable bonds is 6. The van der Waals surface area contributed by atoms with Crippen molar-refractivity contribution in [3.63, 3.8) is 0 Å². The first kappa shape index (κ1) is 11.9. The van der Waals surface area contributed by atoms with Crippen molar-refractivity contribution in [3.8, 4) is 0 Å². The average molecular weight is 221 g/mol. The molecule has 0 saturated heterocycles. The van der Waals surface area contributed by atoms with E-state index < -0.39 is 10.2 Å². The molecule has 0 aromatic heterocycles. The number of nitrogens with two attached hydrogens (primary N) is 1. The van der Waals surface area contributed by atoms with Gasteiger partial charge in [0.05, 0.1) is 0 Å². The van der Waals surface area contributed by atoms with Gasteiger partial charge in [0.15, 0.2) is 0 Å². The smallest absolute Gasteiger partial charge is 0.279 e. The zero-order valence-electron chi connectivity index (χ0n) is 8.78. The Morgan fingerprint density at radius 1 is 1.36 bits per heavy atom. The summed E-state index contributed by atoms with van der Waals surface area (Å²) in [6.45, 7) is 5.02. The van der Waals surface area contributed by atoms with Crippen LogP contribution < -0.4 is 10.5 Å². The van der Waals surface area contributed by atoms with Gasteiger partial charge in [-0.1, -0.05) is 13.8 Å². The maximum absolute atomic E-state index is 11.8. The predicted octanol–water partition coefficient (Wildman–Crippen LogP) is -0.346. The van der Waals surface area contributed by atoms with Gasteiger partial charge in [0.1, 0.15) is 0 Å². The lowest BCUT2D eigenvalue weighted by atomic mass is 10.3. The van der Waals surface area contributed by atoms with Crippen LogP contribution in [0.5, 0.6) is 0 Å². The Bertz CT molecular complexity index is 281. The van der Waals surface area contributed by atoms with Crippen LogP contribution >= 0.6 is 0 Å². The summed E-state index contributed by atoms with van der Waals surface area (Å²) < 4.78 is 27.6. The van der Waals surface area contributed by atoms with Gasteiger partial charge in [-0.2, -0.15) is 17.4 Å². The SMILES string of the molecule is CCN(CC)S(=O)(=O)NC1(CN)CC1. The van der Waals surface area contributed by atoms with Crippen molar-refractivity contribution in [2.45, 2.75) is 32.2 Å². The minimum absolute atomic E-state index is 0.346. The Kier molecular flexibility index (Phi) is 3.52. The highest BCUT2D eigenvalue weighted by molar-refractivity contribution is 7.87. The highest BCUT2D eigenvalue weighted by Crippen LogP contribution is 2.34. The lowest BCUT2D eigenvalue weighted by molar-refractivity contribution is 0.423. The summed E-state index contributed by atoms with van der Waals surface area (Å²) in [5.41, 5.74) is 5.17. The Labute approximate surface area is 85.8 Å². The van der Waals surface area contributed by atoms with Crippen molar-refractivity contribution >= 4 is 10.2 Å². The molecule has 1 saturated carbocycles. The molecule has 14 heavy (non-hydrogen) atoms. The van der Waals surface area contributed by atoms with E-state index in [-0.39, 0.29) is 5.54 Å². The molecule has 0 aromatic carbocycles. The van der Waals surface area contributed by atoms with Crippen LogP contribution in [0.3, 0.4) is 0 Å². The zero-order valence-corrected chi connectivity index (χ0v) is 9.60. The van der Waals surface area contributed by atoms with Crippen molar-refractivity contribution < 1.29 is 8.42 Å². The molecular formula is C8H19N3O2S. The molecule has 1 aliphatic carbocycles. The molecule has 1 fully saturated rings. The first-order chi connectivity index (χ1) is 6.49. The maximum atomic E-state index is 11.8. The van der Waals surface area contributed by atoms with Gasteiger partial charge in [-0.3, -0.25) is 0 Å². The number of hydrogen-bond donors (Lipinski definition) is 2. The third-order valence-corrected chi connectivity index (χ3v) is 4.52. The van der Waals surface area contributed by atoms with Gasteiger partial charge in [-0.25, -0.2) is 0 Å². The second-order valence-corrected chi connectivity index (χ2v) is 5.35. The summed E-state index contributed by atoms with van der Waals surface area (Å²) in [5, 5.41) is 0. The molecule has 0 heterocycles. The van der Waals surface area contributed by atoms with Gasteiger partial charge in [-0.05, 0) is 12.8 Å². The Hall–Kier alpha value is -0.170. The Balaban J connectivity index is 2.66. The third-order valence-electron chi connectivity index (χ3n) is 2.64. The van der Waals surface area contributed by atoms with Crippen LogP contribution in [0.4, 0.5) is 0 Å². The normalized spacial score (nSPS) is 20.0. The highest BCUT2D eigenvalue weighted by Gasteiger charge is 2.45. The molecule has 84 valence electrons. The summed E-state index contributed by atoms with van der Waals surface area (Å²) in [6.07, 6.45) is 1.70. The fourth-order valence-electron chi connectivity index (χ4n) is 1.40. The molecule has 6 heteroatoms. The standard InChI is InChI=1S/C8H19N3O2S/c1-3-11(4-2)14(12,13)10-8(7-9)5-6-8/h10H,3-7,9H2,1-2H3. The lowest BCUT2D eigenvalue weighted by Crippen LogP contribution is -2.49. The van der Waals surface area contributed by atoms with Crippen LogP contribution in [0.25, 0.3) is 0 Å². The van der Waals surface area contributed by atoms with Gasteiger partial charge >= 0.3 is 0 Å². The van der Waals surface area contributed by atoms with E-state index in [0.717, 1.165) is 12.8 Å². The Morgan fingerprint density at radius 2 is 1.86 bits per heavy atom. The van der Waals surface area contributed by atoms with E-state index in [4.69, 9.17) is 5.73 Å². The largest absolute Gasteiger partial charge is 0.329 e. The molecule has 1 rings (SSSR count). The average Bonchev–Trinajstić information content (AvgIpc) is 2.86. The molecule has 0 radical (unpaired) electrons. The van der Waals surface area contributed by atoms with Crippen LogP contribution in [-0.4, -0.2) is 37.9 Å². The summed E-state index contributed by atoms with van der Waals surface area (Å²) in [6, 6.07) is 0. The van der Waals surface area contributed by atoms with Crippen molar-refractivity contribution in [3.05, 3.63) is 0 Å². The van der Waals surface area contributed by atoms with E-state index in [1.807, 2.05) is 13.8 Å². The minimum Gasteiger partial charge on any atom is -0.329 e. The van der Waals surface area contributed by atoms with Crippen LogP contribution in [0.15, 0.2) is 0 Å². The molecule has 0 bridgehead atoms. The van der Waals surface area contributed by atoms with Crippen molar-refractivity contribution in [1.82, 2.24) is 9.03 Å². The molecule has 0 unspecified atom stereocenters. The van der Waals surface area contributed by atoms with E-state index in [0.29, 0.717) is 19.6 Å². The van der Waals surface area contributed by atoms with Gasteiger partial charge in [0.25, 0.3) is 10.2 Å². The molecule has 5 nitrogen and oxygen atoms in total. The van der Waals surface area contributed by atoms with Crippen LogP contribution in [-0.2, 0) is 10.2 Å². The van der Waals surface area contributed by atoms with Gasteiger partial charge in [-0.15, -0.1) is 0 Å². The van der Waals surface area contributed by atoms with Crippen LogP contribution in [0, 0.1) is 0 Å². The van der Waals surface area contributed by atoms with E-state index in [2.05, 4.69) is 4.72 Å². The van der Waals surface area contributed by atoms with Crippen molar-refractivity contribution in [2.24, 2.45) is 5.73 Å². The van der Waals surface area contributed by atoms with Gasteiger partial charge < -0.3 is 5.73 Å². The van der Waals surface area contributed by atoms with Crippen LogP contribution in [0.2, 0.25) is 0 Å². The molecule has 0 atom stereocenters. The van der Waals surface area contributed by atoms with Crippen LogP contribution in [0.1, 0.15) is 26.7 Å². The summed E-state index contributed by atoms with van der Waals surface area (Å²) in [5.74, 6) is 0. The fraction of sp³-hybridized carbons (Fsp3) is 1.00. The fourth-order valence-corrected chi connectivity index (χ4v) is 3.04. The first-order valence-corrected chi connectivity index (χ1v) is 6.43. The summed E-state index contributed by atoms with van der Waals surface area (Å²) in [4.78, 5) is 0. The third kappa shape index (κ3) is 2.44. The second kappa shape index (κ2) is 4.14. The van der Waals surface area contributed by atoms with E-state index in [9.17, 15) is 8.42 Å². The number of nitrogens with one attached hydrogen (secondary N) is 1. The monoisotopic (exact) mass is 221 g/mol. The number of nitrogens with zero attached hydrogens (tertiary/aromatic N) is 1. The topological polar surface area (TPSA) is 75.4 Å². The van der Waals surface area contributed by atoms with Crippen molar-refractivity contribution in [2.75, 3.05) is 19.6 Å². The molecule has 0 spiro atoms. The number of hydrogen-bond acceptors (Lipinski definition) is 3. The summed E-state index contributed by atoms with van der Waals surface area (Å²) >= 11 is 0. The molecule has 0 aromatic rings. The van der Waals surface area contributed by atoms with E-state index in [1.54, 1.807) is 0 Å². The Morgan fingerprint density at radius 3 is 2.14 bits per heavy atom. The molecule has 0 amide bonds. The molecule has 3 N–H and O–H groups in total. The second-order valence-electron chi connectivity index (χ2n) is 3.68. The maximum Gasteiger partial charge on any atom is 0.279 e. The first-order valence-electron chi connectivity index (χ1n) is 4.99. The highest BCUT2D eigenvalue weighted by atomic mass is 32.2. The minimum atomic E-state index is -3.33. The van der Waals surface area contributed by atoms with E-state index in [1.165, 1.54) is 4.31 Å². The van der Waals surface area contributed by atoms with Gasteiger partial charge in [0.2, 0.25) is 0 Å². The molecule has 0 aliphatic heterocycles. The molecule has 1 aliphatic rings.